The highest BCUT2D eigenvalue weighted by Gasteiger charge is 2.44. The van der Waals surface area contributed by atoms with Crippen LogP contribution < -0.4 is 0 Å². The summed E-state index contributed by atoms with van der Waals surface area (Å²) in [5, 5.41) is 39.9. The molecule has 0 spiro atoms. The molecule has 52 heavy (non-hydrogen) atoms. The van der Waals surface area contributed by atoms with Crippen molar-refractivity contribution in [3.05, 3.63) is 36.5 Å². The van der Waals surface area contributed by atoms with Crippen molar-refractivity contribution in [2.75, 3.05) is 19.8 Å². The van der Waals surface area contributed by atoms with Gasteiger partial charge in [0, 0.05) is 12.8 Å². The Morgan fingerprint density at radius 3 is 1.67 bits per heavy atom. The highest BCUT2D eigenvalue weighted by molar-refractivity contribution is 5.70. The Morgan fingerprint density at radius 1 is 0.596 bits per heavy atom. The average Bonchev–Trinajstić information content (AvgIpc) is 3.14. The number of unbranched alkanes of at least 4 members (excludes halogenated alkanes) is 16. The Kier molecular flexibility index (Phi) is 30.9. The van der Waals surface area contributed by atoms with Gasteiger partial charge in [-0.05, 0) is 44.9 Å². The first-order valence-electron chi connectivity index (χ1n) is 20.6. The van der Waals surface area contributed by atoms with Crippen molar-refractivity contribution in [2.45, 2.75) is 198 Å². The van der Waals surface area contributed by atoms with E-state index in [0.717, 1.165) is 38.5 Å². The number of carbonyl (C=O) groups is 2. The molecule has 0 saturated carbocycles. The van der Waals surface area contributed by atoms with Crippen LogP contribution in [0.4, 0.5) is 0 Å². The average molecular weight is 739 g/mol. The summed E-state index contributed by atoms with van der Waals surface area (Å²) in [7, 11) is 0. The van der Waals surface area contributed by atoms with Crippen molar-refractivity contribution in [1.29, 1.82) is 0 Å². The smallest absolute Gasteiger partial charge is 0.306 e. The van der Waals surface area contributed by atoms with Crippen LogP contribution in [0.2, 0.25) is 0 Å². The summed E-state index contributed by atoms with van der Waals surface area (Å²) in [6.45, 7) is 3.33. The molecule has 10 heteroatoms. The van der Waals surface area contributed by atoms with Crippen LogP contribution in [0.15, 0.2) is 36.5 Å². The summed E-state index contributed by atoms with van der Waals surface area (Å²) < 4.78 is 22.0. The molecule has 1 fully saturated rings. The van der Waals surface area contributed by atoms with Crippen LogP contribution in [0, 0.1) is 0 Å². The van der Waals surface area contributed by atoms with Crippen LogP contribution in [0.25, 0.3) is 0 Å². The fourth-order valence-electron chi connectivity index (χ4n) is 5.97. The van der Waals surface area contributed by atoms with E-state index in [9.17, 15) is 30.0 Å². The lowest BCUT2D eigenvalue weighted by molar-refractivity contribution is -0.305. The molecule has 0 aromatic heterocycles. The molecule has 0 radical (unpaired) electrons. The Hall–Kier alpha value is -2.08. The van der Waals surface area contributed by atoms with Crippen LogP contribution in [0.5, 0.6) is 0 Å². The topological polar surface area (TPSA) is 152 Å². The molecule has 1 aliphatic rings. The van der Waals surface area contributed by atoms with E-state index in [1.165, 1.54) is 83.5 Å². The van der Waals surface area contributed by atoms with E-state index in [4.69, 9.17) is 18.9 Å². The van der Waals surface area contributed by atoms with Crippen LogP contribution in [-0.2, 0) is 28.5 Å². The predicted octanol–water partition coefficient (Wildman–Crippen LogP) is 7.94. The molecule has 1 aliphatic heterocycles. The van der Waals surface area contributed by atoms with Crippen molar-refractivity contribution >= 4 is 11.9 Å². The highest BCUT2D eigenvalue weighted by atomic mass is 16.7. The molecule has 10 nitrogen and oxygen atoms in total. The molecule has 0 bridgehead atoms. The second-order valence-corrected chi connectivity index (χ2v) is 14.1. The van der Waals surface area contributed by atoms with Gasteiger partial charge in [0.2, 0.25) is 0 Å². The number of aliphatic hydroxyl groups excluding tert-OH is 4. The summed E-state index contributed by atoms with van der Waals surface area (Å²) in [6, 6.07) is 0. The number of ether oxygens (including phenoxy) is 4. The zero-order chi connectivity index (χ0) is 38.1. The molecule has 1 saturated heterocycles. The maximum Gasteiger partial charge on any atom is 0.306 e. The van der Waals surface area contributed by atoms with E-state index in [2.05, 4.69) is 44.2 Å². The van der Waals surface area contributed by atoms with Crippen molar-refractivity contribution in [1.82, 2.24) is 0 Å². The van der Waals surface area contributed by atoms with Gasteiger partial charge in [-0.15, -0.1) is 0 Å². The first-order chi connectivity index (χ1) is 25.3. The van der Waals surface area contributed by atoms with Crippen molar-refractivity contribution in [3.63, 3.8) is 0 Å². The lowest BCUT2D eigenvalue weighted by atomic mass is 9.99. The first-order valence-corrected chi connectivity index (χ1v) is 20.6. The lowest BCUT2D eigenvalue weighted by Crippen LogP contribution is -2.59. The van der Waals surface area contributed by atoms with E-state index >= 15 is 0 Å². The van der Waals surface area contributed by atoms with Gasteiger partial charge >= 0.3 is 11.9 Å². The summed E-state index contributed by atoms with van der Waals surface area (Å²) >= 11 is 0. The minimum atomic E-state index is -1.60. The van der Waals surface area contributed by atoms with Gasteiger partial charge in [0.15, 0.2) is 12.4 Å². The fourth-order valence-corrected chi connectivity index (χ4v) is 5.97. The van der Waals surface area contributed by atoms with Gasteiger partial charge in [-0.1, -0.05) is 140 Å². The minimum absolute atomic E-state index is 0.159. The van der Waals surface area contributed by atoms with Crippen LogP contribution in [0.3, 0.4) is 0 Å². The second-order valence-electron chi connectivity index (χ2n) is 14.1. The van der Waals surface area contributed by atoms with Gasteiger partial charge in [-0.3, -0.25) is 9.59 Å². The molecule has 1 heterocycles. The Balaban J connectivity index is 2.41. The van der Waals surface area contributed by atoms with Crippen molar-refractivity contribution in [2.24, 2.45) is 0 Å². The Bertz CT molecular complexity index is 949. The monoisotopic (exact) mass is 739 g/mol. The molecule has 0 amide bonds. The van der Waals surface area contributed by atoms with Crippen molar-refractivity contribution < 1.29 is 49.0 Å². The van der Waals surface area contributed by atoms with E-state index in [1.807, 2.05) is 6.08 Å². The van der Waals surface area contributed by atoms with Gasteiger partial charge < -0.3 is 39.4 Å². The minimum Gasteiger partial charge on any atom is -0.462 e. The zero-order valence-electron chi connectivity index (χ0n) is 32.6. The normalized spacial score (nSPS) is 21.4. The van der Waals surface area contributed by atoms with Gasteiger partial charge in [0.25, 0.3) is 0 Å². The number of hydrogen-bond acceptors (Lipinski definition) is 10. The molecule has 302 valence electrons. The van der Waals surface area contributed by atoms with E-state index in [0.29, 0.717) is 12.8 Å². The summed E-state index contributed by atoms with van der Waals surface area (Å²) in [4.78, 5) is 25.2. The van der Waals surface area contributed by atoms with E-state index in [-0.39, 0.29) is 26.1 Å². The van der Waals surface area contributed by atoms with E-state index in [1.54, 1.807) is 0 Å². The lowest BCUT2D eigenvalue weighted by Gasteiger charge is -2.39. The van der Waals surface area contributed by atoms with Gasteiger partial charge in [0.1, 0.15) is 31.0 Å². The Morgan fingerprint density at radius 2 is 1.10 bits per heavy atom. The molecule has 0 aliphatic carbocycles. The maximum atomic E-state index is 12.7. The predicted molar refractivity (Wildman–Crippen MR) is 206 cm³/mol. The standard InChI is InChI=1S/C42H74O10/c1-3-5-7-9-11-13-15-16-17-18-19-20-21-23-25-27-29-31-38(45)51-35(34-50-42-41(48)40(47)39(46)36(32-43)52-42)33-49-37(44)30-28-26-24-22-14-12-10-8-6-4-2/h16-17,19-20,23,25,35-36,39-43,46-48H,3-15,18,21-22,24,26-34H2,1-2H3/b17-16+,20-19+,25-23+/t35-,36-,39+,40?,41?,42-/m1/s1. The second kappa shape index (κ2) is 33.5. The largest absolute Gasteiger partial charge is 0.462 e. The number of hydrogen-bond donors (Lipinski definition) is 4. The number of carbonyl (C=O) groups excluding carboxylic acids is 2. The third-order valence-electron chi connectivity index (χ3n) is 9.28. The number of rotatable bonds is 33. The maximum absolute atomic E-state index is 12.7. The number of aliphatic hydroxyl groups is 4. The van der Waals surface area contributed by atoms with Crippen molar-refractivity contribution in [3.8, 4) is 0 Å². The summed E-state index contributed by atoms with van der Waals surface area (Å²) in [5.74, 6) is -0.869. The summed E-state index contributed by atoms with van der Waals surface area (Å²) in [5.41, 5.74) is 0. The summed E-state index contributed by atoms with van der Waals surface area (Å²) in [6.07, 6.45) is 28.8. The molecule has 2 unspecified atom stereocenters. The van der Waals surface area contributed by atoms with Crippen LogP contribution in [0.1, 0.15) is 162 Å². The molecule has 6 atom stereocenters. The highest BCUT2D eigenvalue weighted by Crippen LogP contribution is 2.22. The number of esters is 2. The van der Waals surface area contributed by atoms with Gasteiger partial charge in [0.05, 0.1) is 13.2 Å². The van der Waals surface area contributed by atoms with Gasteiger partial charge in [-0.2, -0.15) is 0 Å². The third-order valence-corrected chi connectivity index (χ3v) is 9.28. The third kappa shape index (κ3) is 25.0. The molecular formula is C42H74O10. The van der Waals surface area contributed by atoms with Crippen LogP contribution in [-0.4, -0.2) is 89.0 Å². The molecule has 4 N–H and O–H groups in total. The molecule has 0 aromatic carbocycles. The quantitative estimate of drug-likeness (QED) is 0.0297. The fraction of sp³-hybridized carbons (Fsp3) is 0.810. The SMILES string of the molecule is CCCCCCCC/C=C/C/C=C/C/C=C/CCCC(=O)O[C@H](COC(=O)CCCCCCCCCCCC)CO[C@@H]1O[C@H](CO)[C@H](O)C(O)C1O. The molecule has 1 rings (SSSR count). The molecular weight excluding hydrogens is 664 g/mol. The van der Waals surface area contributed by atoms with Crippen LogP contribution >= 0.6 is 0 Å². The van der Waals surface area contributed by atoms with Gasteiger partial charge in [-0.25, -0.2) is 0 Å². The zero-order valence-corrected chi connectivity index (χ0v) is 32.6. The van der Waals surface area contributed by atoms with E-state index < -0.39 is 55.4 Å². The first kappa shape index (κ1) is 47.9. The Labute approximate surface area is 315 Å². The number of allylic oxidation sites excluding steroid dienone is 6. The molecule has 0 aromatic rings.